The lowest BCUT2D eigenvalue weighted by Crippen LogP contribution is -2.35. The van der Waals surface area contributed by atoms with E-state index in [0.29, 0.717) is 12.5 Å². The number of nitrogens with one attached hydrogen (secondary N) is 1. The molecule has 0 radical (unpaired) electrons. The van der Waals surface area contributed by atoms with E-state index >= 15 is 0 Å². The summed E-state index contributed by atoms with van der Waals surface area (Å²) in [6.45, 7) is 2.83. The molecule has 86 valence electrons. The molecule has 1 saturated heterocycles. The Hall–Kier alpha value is -1.35. The van der Waals surface area contributed by atoms with Crippen LogP contribution in [-0.2, 0) is 6.54 Å². The maximum Gasteiger partial charge on any atom is 0.0973 e. The highest BCUT2D eigenvalue weighted by atomic mass is 14.9. The van der Waals surface area contributed by atoms with E-state index in [1.165, 1.54) is 5.56 Å². The van der Waals surface area contributed by atoms with Gasteiger partial charge >= 0.3 is 0 Å². The molecule has 0 atom stereocenters. The highest BCUT2D eigenvalue weighted by molar-refractivity contribution is 5.82. The number of hydrogen-bond donors (Lipinski definition) is 2. The molecular formula is C13H19N3. The van der Waals surface area contributed by atoms with E-state index in [1.54, 1.807) is 0 Å². The van der Waals surface area contributed by atoms with Crippen molar-refractivity contribution in [3.05, 3.63) is 35.9 Å². The van der Waals surface area contributed by atoms with E-state index in [2.05, 4.69) is 22.4 Å². The number of nitrogens with two attached hydrogens (primary N) is 1. The molecule has 2 rings (SSSR count). The number of aliphatic imine (C=N–C) groups is 1. The molecule has 0 aromatic heterocycles. The Labute approximate surface area is 96.8 Å². The third kappa shape index (κ3) is 3.07. The van der Waals surface area contributed by atoms with Crippen LogP contribution < -0.4 is 11.1 Å². The lowest BCUT2D eigenvalue weighted by Gasteiger charge is -2.21. The maximum atomic E-state index is 6.02. The van der Waals surface area contributed by atoms with Crippen LogP contribution in [0.2, 0.25) is 0 Å². The summed E-state index contributed by atoms with van der Waals surface area (Å²) in [6, 6.07) is 10.2. The maximum absolute atomic E-state index is 6.02. The van der Waals surface area contributed by atoms with Gasteiger partial charge in [0.25, 0.3) is 0 Å². The molecule has 16 heavy (non-hydrogen) atoms. The zero-order chi connectivity index (χ0) is 11.2. The molecule has 1 aliphatic rings. The van der Waals surface area contributed by atoms with Gasteiger partial charge in [0.15, 0.2) is 0 Å². The number of hydrogen-bond acceptors (Lipinski definition) is 2. The molecule has 3 heteroatoms. The van der Waals surface area contributed by atoms with Gasteiger partial charge < -0.3 is 11.1 Å². The van der Waals surface area contributed by atoms with Crippen LogP contribution in [0.5, 0.6) is 0 Å². The summed E-state index contributed by atoms with van der Waals surface area (Å²) < 4.78 is 0. The topological polar surface area (TPSA) is 50.4 Å². The zero-order valence-electron chi connectivity index (χ0n) is 9.52. The SMILES string of the molecule is NC(=NCc1ccccc1)C1CCNCC1. The van der Waals surface area contributed by atoms with Crippen LogP contribution in [-0.4, -0.2) is 18.9 Å². The van der Waals surface area contributed by atoms with Crippen molar-refractivity contribution < 1.29 is 0 Å². The van der Waals surface area contributed by atoms with Crippen LogP contribution in [0.25, 0.3) is 0 Å². The molecule has 0 saturated carbocycles. The van der Waals surface area contributed by atoms with E-state index in [-0.39, 0.29) is 0 Å². The number of rotatable bonds is 3. The zero-order valence-corrected chi connectivity index (χ0v) is 9.52. The average Bonchev–Trinajstić information content (AvgIpc) is 2.38. The highest BCUT2D eigenvalue weighted by Gasteiger charge is 2.15. The van der Waals surface area contributed by atoms with Gasteiger partial charge in [0.05, 0.1) is 12.4 Å². The molecule has 1 aromatic rings. The van der Waals surface area contributed by atoms with E-state index in [1.807, 2.05) is 18.2 Å². The summed E-state index contributed by atoms with van der Waals surface area (Å²) in [7, 11) is 0. The number of nitrogens with zero attached hydrogens (tertiary/aromatic N) is 1. The van der Waals surface area contributed by atoms with Crippen molar-refractivity contribution in [2.75, 3.05) is 13.1 Å². The third-order valence-electron chi connectivity index (χ3n) is 3.04. The van der Waals surface area contributed by atoms with Gasteiger partial charge in [-0.05, 0) is 31.5 Å². The Morgan fingerprint density at radius 2 is 1.94 bits per heavy atom. The number of benzene rings is 1. The van der Waals surface area contributed by atoms with Crippen molar-refractivity contribution in [1.82, 2.24) is 5.32 Å². The lowest BCUT2D eigenvalue weighted by atomic mass is 9.97. The van der Waals surface area contributed by atoms with Gasteiger partial charge in [-0.15, -0.1) is 0 Å². The second-order valence-corrected chi connectivity index (χ2v) is 4.25. The van der Waals surface area contributed by atoms with Crippen molar-refractivity contribution in [3.8, 4) is 0 Å². The van der Waals surface area contributed by atoms with Crippen LogP contribution in [0.15, 0.2) is 35.3 Å². The predicted molar refractivity (Wildman–Crippen MR) is 67.4 cm³/mol. The quantitative estimate of drug-likeness (QED) is 0.596. The summed E-state index contributed by atoms with van der Waals surface area (Å²) in [5.74, 6) is 1.30. The molecule has 0 unspecified atom stereocenters. The normalized spacial score (nSPS) is 18.6. The van der Waals surface area contributed by atoms with Crippen molar-refractivity contribution in [2.24, 2.45) is 16.6 Å². The first-order valence-corrected chi connectivity index (χ1v) is 5.91. The first-order chi connectivity index (χ1) is 7.86. The molecule has 0 bridgehead atoms. The van der Waals surface area contributed by atoms with Gasteiger partial charge in [-0.1, -0.05) is 30.3 Å². The van der Waals surface area contributed by atoms with Gasteiger partial charge in [0.2, 0.25) is 0 Å². The lowest BCUT2D eigenvalue weighted by molar-refractivity contribution is 0.453. The fraction of sp³-hybridized carbons (Fsp3) is 0.462. The van der Waals surface area contributed by atoms with Crippen LogP contribution in [0.1, 0.15) is 18.4 Å². The molecule has 3 nitrogen and oxygen atoms in total. The standard InChI is InChI=1S/C13H19N3/c14-13(12-6-8-15-9-7-12)16-10-11-4-2-1-3-5-11/h1-5,12,15H,6-10H2,(H2,14,16). The van der Waals surface area contributed by atoms with Gasteiger partial charge in [-0.3, -0.25) is 4.99 Å². The molecule has 3 N–H and O–H groups in total. The molecule has 1 fully saturated rings. The molecule has 1 heterocycles. The van der Waals surface area contributed by atoms with E-state index in [9.17, 15) is 0 Å². The second kappa shape index (κ2) is 5.66. The largest absolute Gasteiger partial charge is 0.387 e. The summed E-state index contributed by atoms with van der Waals surface area (Å²) in [5.41, 5.74) is 7.24. The molecule has 0 amide bonds. The smallest absolute Gasteiger partial charge is 0.0973 e. The highest BCUT2D eigenvalue weighted by Crippen LogP contribution is 2.12. The van der Waals surface area contributed by atoms with E-state index in [0.717, 1.165) is 31.8 Å². The Balaban J connectivity index is 1.91. The Morgan fingerprint density at radius 3 is 2.62 bits per heavy atom. The summed E-state index contributed by atoms with van der Waals surface area (Å²) >= 11 is 0. The van der Waals surface area contributed by atoms with Crippen molar-refractivity contribution in [3.63, 3.8) is 0 Å². The van der Waals surface area contributed by atoms with Gasteiger partial charge in [-0.2, -0.15) is 0 Å². The summed E-state index contributed by atoms with van der Waals surface area (Å²) in [5, 5.41) is 3.33. The van der Waals surface area contributed by atoms with Crippen LogP contribution >= 0.6 is 0 Å². The van der Waals surface area contributed by atoms with Crippen LogP contribution in [0.3, 0.4) is 0 Å². The Morgan fingerprint density at radius 1 is 1.25 bits per heavy atom. The first-order valence-electron chi connectivity index (χ1n) is 5.91. The number of piperidine rings is 1. The fourth-order valence-corrected chi connectivity index (χ4v) is 2.01. The second-order valence-electron chi connectivity index (χ2n) is 4.25. The minimum absolute atomic E-state index is 0.477. The van der Waals surface area contributed by atoms with E-state index < -0.39 is 0 Å². The predicted octanol–water partition coefficient (Wildman–Crippen LogP) is 1.54. The first kappa shape index (κ1) is 11.1. The summed E-state index contributed by atoms with van der Waals surface area (Å²) in [4.78, 5) is 4.48. The van der Waals surface area contributed by atoms with Crippen molar-refractivity contribution in [1.29, 1.82) is 0 Å². The van der Waals surface area contributed by atoms with Crippen LogP contribution in [0.4, 0.5) is 0 Å². The fourth-order valence-electron chi connectivity index (χ4n) is 2.01. The average molecular weight is 217 g/mol. The molecule has 1 aromatic carbocycles. The van der Waals surface area contributed by atoms with Crippen molar-refractivity contribution in [2.45, 2.75) is 19.4 Å². The molecule has 1 aliphatic heterocycles. The monoisotopic (exact) mass is 217 g/mol. The van der Waals surface area contributed by atoms with E-state index in [4.69, 9.17) is 5.73 Å². The van der Waals surface area contributed by atoms with Gasteiger partial charge in [0, 0.05) is 5.92 Å². The minimum Gasteiger partial charge on any atom is -0.387 e. The van der Waals surface area contributed by atoms with Crippen molar-refractivity contribution >= 4 is 5.84 Å². The Kier molecular flexibility index (Phi) is 3.94. The van der Waals surface area contributed by atoms with Gasteiger partial charge in [-0.25, -0.2) is 0 Å². The molecule has 0 spiro atoms. The summed E-state index contributed by atoms with van der Waals surface area (Å²) in [6.07, 6.45) is 2.23. The van der Waals surface area contributed by atoms with Gasteiger partial charge in [0.1, 0.15) is 0 Å². The van der Waals surface area contributed by atoms with Crippen LogP contribution in [0, 0.1) is 5.92 Å². The molecule has 0 aliphatic carbocycles. The molecular weight excluding hydrogens is 198 g/mol. The minimum atomic E-state index is 0.477. The number of amidine groups is 1. The third-order valence-corrected chi connectivity index (χ3v) is 3.04. The Bertz CT molecular complexity index is 339.